The van der Waals surface area contributed by atoms with Crippen molar-refractivity contribution < 1.29 is 19.1 Å². The highest BCUT2D eigenvalue weighted by Gasteiger charge is 2.35. The average Bonchev–Trinajstić information content (AvgIpc) is 2.72. The van der Waals surface area contributed by atoms with E-state index in [1.54, 1.807) is 42.5 Å². The first kappa shape index (κ1) is 21.0. The number of rotatable bonds is 5. The Labute approximate surface area is 177 Å². The van der Waals surface area contributed by atoms with Gasteiger partial charge in [-0.05, 0) is 36.4 Å². The molecule has 2 aromatic rings. The average molecular weight is 436 g/mol. The Kier molecular flexibility index (Phi) is 6.61. The third kappa shape index (κ3) is 4.81. The minimum absolute atomic E-state index is 0.210. The van der Waals surface area contributed by atoms with E-state index < -0.39 is 11.9 Å². The van der Waals surface area contributed by atoms with Crippen molar-refractivity contribution in [1.29, 1.82) is 0 Å². The second-order valence-corrected chi connectivity index (χ2v) is 7.17. The van der Waals surface area contributed by atoms with Gasteiger partial charge in [-0.15, -0.1) is 0 Å². The maximum atomic E-state index is 12.9. The molecule has 3 rings (SSSR count). The van der Waals surface area contributed by atoms with Crippen molar-refractivity contribution in [3.8, 4) is 5.75 Å². The van der Waals surface area contributed by atoms with E-state index in [0.29, 0.717) is 35.1 Å². The van der Waals surface area contributed by atoms with Gasteiger partial charge in [0.1, 0.15) is 11.8 Å². The van der Waals surface area contributed by atoms with Crippen molar-refractivity contribution in [3.63, 3.8) is 0 Å². The number of piperazine rings is 1. The lowest BCUT2D eigenvalue weighted by molar-refractivity contribution is -0.131. The van der Waals surface area contributed by atoms with E-state index >= 15 is 0 Å². The van der Waals surface area contributed by atoms with Crippen LogP contribution in [0.25, 0.3) is 0 Å². The highest BCUT2D eigenvalue weighted by atomic mass is 35.5. The van der Waals surface area contributed by atoms with Crippen LogP contribution in [0.4, 0.5) is 5.69 Å². The van der Waals surface area contributed by atoms with Crippen LogP contribution in [0.1, 0.15) is 16.8 Å². The van der Waals surface area contributed by atoms with Gasteiger partial charge < -0.3 is 20.3 Å². The van der Waals surface area contributed by atoms with Gasteiger partial charge in [0.15, 0.2) is 0 Å². The quantitative estimate of drug-likeness (QED) is 0.755. The molecule has 0 unspecified atom stereocenters. The van der Waals surface area contributed by atoms with Crippen molar-refractivity contribution in [3.05, 3.63) is 58.1 Å². The molecule has 0 bridgehead atoms. The van der Waals surface area contributed by atoms with Crippen LogP contribution in [0.5, 0.6) is 5.75 Å². The number of methoxy groups -OCH3 is 1. The van der Waals surface area contributed by atoms with Crippen LogP contribution in [0.15, 0.2) is 42.5 Å². The number of anilines is 1. The van der Waals surface area contributed by atoms with Crippen LogP contribution in [0.3, 0.4) is 0 Å². The Balaban J connectivity index is 1.75. The molecule has 1 atom stereocenters. The van der Waals surface area contributed by atoms with E-state index in [1.807, 2.05) is 0 Å². The molecule has 29 heavy (non-hydrogen) atoms. The van der Waals surface area contributed by atoms with Crippen molar-refractivity contribution in [2.24, 2.45) is 0 Å². The fourth-order valence-corrected chi connectivity index (χ4v) is 3.39. The van der Waals surface area contributed by atoms with Gasteiger partial charge in [0.25, 0.3) is 5.91 Å². The van der Waals surface area contributed by atoms with Crippen molar-refractivity contribution >= 4 is 46.6 Å². The highest BCUT2D eigenvalue weighted by Crippen LogP contribution is 2.29. The largest absolute Gasteiger partial charge is 0.497 e. The van der Waals surface area contributed by atoms with Crippen LogP contribution in [-0.4, -0.2) is 48.9 Å². The van der Waals surface area contributed by atoms with Crippen LogP contribution in [0, 0.1) is 0 Å². The highest BCUT2D eigenvalue weighted by molar-refractivity contribution is 6.44. The molecule has 0 aliphatic carbocycles. The molecule has 1 saturated heterocycles. The van der Waals surface area contributed by atoms with Crippen molar-refractivity contribution in [2.75, 3.05) is 25.5 Å². The molecule has 1 heterocycles. The number of nitrogens with zero attached hydrogens (tertiary/aromatic N) is 1. The first-order valence-corrected chi connectivity index (χ1v) is 9.63. The van der Waals surface area contributed by atoms with Gasteiger partial charge in [-0.3, -0.25) is 14.4 Å². The number of benzene rings is 2. The van der Waals surface area contributed by atoms with E-state index in [9.17, 15) is 14.4 Å². The lowest BCUT2D eigenvalue weighted by Crippen LogP contribution is -2.58. The lowest BCUT2D eigenvalue weighted by atomic mass is 10.1. The third-order valence-corrected chi connectivity index (χ3v) is 5.35. The fraction of sp³-hybridized carbons (Fsp3) is 0.250. The smallest absolute Gasteiger partial charge is 0.254 e. The Morgan fingerprint density at radius 3 is 2.62 bits per heavy atom. The molecule has 1 fully saturated rings. The van der Waals surface area contributed by atoms with Gasteiger partial charge in [-0.2, -0.15) is 0 Å². The summed E-state index contributed by atoms with van der Waals surface area (Å²) in [5.74, 6) is -0.553. The number of amides is 3. The van der Waals surface area contributed by atoms with Gasteiger partial charge in [-0.1, -0.05) is 29.3 Å². The summed E-state index contributed by atoms with van der Waals surface area (Å²) >= 11 is 12.0. The Bertz CT molecular complexity index is 934. The van der Waals surface area contributed by atoms with E-state index in [-0.39, 0.29) is 23.3 Å². The van der Waals surface area contributed by atoms with Gasteiger partial charge >= 0.3 is 0 Å². The van der Waals surface area contributed by atoms with Gasteiger partial charge in [0, 0.05) is 18.7 Å². The summed E-state index contributed by atoms with van der Waals surface area (Å²) in [6.07, 6.45) is -0.212. The molecule has 9 heteroatoms. The molecular weight excluding hydrogens is 417 g/mol. The van der Waals surface area contributed by atoms with E-state index in [2.05, 4.69) is 10.6 Å². The van der Waals surface area contributed by atoms with Crippen LogP contribution in [0.2, 0.25) is 10.0 Å². The van der Waals surface area contributed by atoms with Crippen LogP contribution < -0.4 is 15.4 Å². The monoisotopic (exact) mass is 435 g/mol. The molecule has 3 amide bonds. The fourth-order valence-electron chi connectivity index (χ4n) is 3.04. The molecule has 0 radical (unpaired) electrons. The molecule has 0 saturated carbocycles. The third-order valence-electron chi connectivity index (χ3n) is 4.53. The van der Waals surface area contributed by atoms with Crippen LogP contribution in [-0.2, 0) is 9.59 Å². The predicted molar refractivity (Wildman–Crippen MR) is 111 cm³/mol. The maximum absolute atomic E-state index is 12.9. The SMILES string of the molecule is COc1ccc(C(=O)N2CCNC(=O)[C@@H]2CC(=O)Nc2cccc(Cl)c2Cl)cc1. The normalized spacial score (nSPS) is 16.2. The van der Waals surface area contributed by atoms with Gasteiger partial charge in [-0.25, -0.2) is 0 Å². The molecule has 1 aliphatic heterocycles. The standard InChI is InChI=1S/C20H19Cl2N3O4/c1-29-13-7-5-12(6-8-13)20(28)25-10-9-23-19(27)16(25)11-17(26)24-15-4-2-3-14(21)18(15)22/h2-8,16H,9-11H2,1H3,(H,23,27)(H,24,26)/t16-/m0/s1. The summed E-state index contributed by atoms with van der Waals surface area (Å²) in [6, 6.07) is 10.5. The molecule has 2 aromatic carbocycles. The number of carbonyl (C=O) groups excluding carboxylic acids is 3. The maximum Gasteiger partial charge on any atom is 0.254 e. The Morgan fingerprint density at radius 2 is 1.93 bits per heavy atom. The molecule has 2 N–H and O–H groups in total. The number of hydrogen-bond acceptors (Lipinski definition) is 4. The number of ether oxygens (including phenoxy) is 1. The minimum atomic E-state index is -0.934. The summed E-state index contributed by atoms with van der Waals surface area (Å²) in [5, 5.41) is 5.85. The zero-order valence-corrected chi connectivity index (χ0v) is 17.1. The molecule has 152 valence electrons. The van der Waals surface area contributed by atoms with E-state index in [1.165, 1.54) is 12.0 Å². The summed E-state index contributed by atoms with van der Waals surface area (Å²) in [4.78, 5) is 39.3. The number of halogens is 2. The first-order valence-electron chi connectivity index (χ1n) is 8.87. The van der Waals surface area contributed by atoms with E-state index in [4.69, 9.17) is 27.9 Å². The van der Waals surface area contributed by atoms with E-state index in [0.717, 1.165) is 0 Å². The van der Waals surface area contributed by atoms with Gasteiger partial charge in [0.05, 0.1) is 29.3 Å². The first-order chi connectivity index (χ1) is 13.9. The summed E-state index contributed by atoms with van der Waals surface area (Å²) in [6.45, 7) is 0.617. The second-order valence-electron chi connectivity index (χ2n) is 6.39. The minimum Gasteiger partial charge on any atom is -0.497 e. The molecular formula is C20H19Cl2N3O4. The molecule has 1 aliphatic rings. The zero-order chi connectivity index (χ0) is 21.0. The molecule has 7 nitrogen and oxygen atoms in total. The Hall–Kier alpha value is -2.77. The van der Waals surface area contributed by atoms with Crippen molar-refractivity contribution in [1.82, 2.24) is 10.2 Å². The summed E-state index contributed by atoms with van der Waals surface area (Å²) in [5.41, 5.74) is 0.747. The Morgan fingerprint density at radius 1 is 1.21 bits per heavy atom. The lowest BCUT2D eigenvalue weighted by Gasteiger charge is -2.34. The summed E-state index contributed by atoms with van der Waals surface area (Å²) < 4.78 is 5.10. The van der Waals surface area contributed by atoms with Gasteiger partial charge in [0.2, 0.25) is 11.8 Å². The molecule has 0 spiro atoms. The topological polar surface area (TPSA) is 87.7 Å². The zero-order valence-electron chi connectivity index (χ0n) is 15.6. The second kappa shape index (κ2) is 9.15. The number of nitrogens with one attached hydrogen (secondary N) is 2. The van der Waals surface area contributed by atoms with Crippen LogP contribution >= 0.6 is 23.2 Å². The summed E-state index contributed by atoms with van der Waals surface area (Å²) in [7, 11) is 1.53. The number of hydrogen-bond donors (Lipinski definition) is 2. The molecule has 0 aromatic heterocycles. The predicted octanol–water partition coefficient (Wildman–Crippen LogP) is 2.97. The van der Waals surface area contributed by atoms with Crippen molar-refractivity contribution in [2.45, 2.75) is 12.5 Å². The number of carbonyl (C=O) groups is 3.